The lowest BCUT2D eigenvalue weighted by molar-refractivity contribution is -0.139. The maximum atomic E-state index is 13.9. The van der Waals surface area contributed by atoms with Crippen LogP contribution in [0.25, 0.3) is 11.8 Å². The van der Waals surface area contributed by atoms with E-state index in [9.17, 15) is 9.59 Å². The summed E-state index contributed by atoms with van der Waals surface area (Å²) in [6.45, 7) is 7.80. The van der Waals surface area contributed by atoms with E-state index in [0.717, 1.165) is 27.1 Å². The number of rotatable bonds is 5. The summed E-state index contributed by atoms with van der Waals surface area (Å²) in [7, 11) is 0. The SMILES string of the molecule is CCOC(=O)C1=C(C)N=c2s/c(=C\c3cc(C)n(-c4cccc(Br)c4)c3C)c(=O)n2[C@@H]1c1ccccc1Cl. The lowest BCUT2D eigenvalue weighted by Crippen LogP contribution is -2.40. The van der Waals surface area contributed by atoms with Crippen LogP contribution in [-0.4, -0.2) is 21.7 Å². The molecule has 1 aliphatic heterocycles. The van der Waals surface area contributed by atoms with Crippen molar-refractivity contribution in [2.45, 2.75) is 33.7 Å². The van der Waals surface area contributed by atoms with Crippen LogP contribution in [0.15, 0.2) is 80.1 Å². The van der Waals surface area contributed by atoms with E-state index >= 15 is 0 Å². The molecule has 6 nitrogen and oxygen atoms in total. The molecule has 0 fully saturated rings. The lowest BCUT2D eigenvalue weighted by atomic mass is 9.96. The minimum Gasteiger partial charge on any atom is -0.463 e. The van der Waals surface area contributed by atoms with Crippen LogP contribution in [0.3, 0.4) is 0 Å². The van der Waals surface area contributed by atoms with Crippen molar-refractivity contribution >= 4 is 50.9 Å². The van der Waals surface area contributed by atoms with Crippen LogP contribution in [0.4, 0.5) is 0 Å². The second-order valence-electron chi connectivity index (χ2n) is 8.97. The van der Waals surface area contributed by atoms with Gasteiger partial charge >= 0.3 is 5.97 Å². The van der Waals surface area contributed by atoms with E-state index in [1.165, 1.54) is 11.3 Å². The van der Waals surface area contributed by atoms with Gasteiger partial charge in [-0.05, 0) is 75.2 Å². The maximum absolute atomic E-state index is 13.9. The number of carbonyl (C=O) groups excluding carboxylic acids is 1. The molecule has 0 bridgehead atoms. The number of esters is 1. The number of allylic oxidation sites excluding steroid dienone is 1. The van der Waals surface area contributed by atoms with E-state index in [1.807, 2.05) is 56.3 Å². The average Bonchev–Trinajstić information content (AvgIpc) is 3.33. The van der Waals surface area contributed by atoms with E-state index in [1.54, 1.807) is 24.5 Å². The molecule has 3 heterocycles. The Kier molecular flexibility index (Phi) is 7.31. The molecule has 1 atom stereocenters. The number of aromatic nitrogens is 2. The van der Waals surface area contributed by atoms with E-state index < -0.39 is 12.0 Å². The molecule has 0 N–H and O–H groups in total. The van der Waals surface area contributed by atoms with Crippen molar-refractivity contribution in [2.75, 3.05) is 6.61 Å². The molecule has 0 amide bonds. The highest BCUT2D eigenvalue weighted by atomic mass is 79.9. The van der Waals surface area contributed by atoms with Crippen molar-refractivity contribution in [3.63, 3.8) is 0 Å². The third-order valence-corrected chi connectivity index (χ3v) is 8.36. The third-order valence-electron chi connectivity index (χ3n) is 6.54. The molecule has 9 heteroatoms. The first kappa shape index (κ1) is 26.4. The zero-order valence-corrected chi connectivity index (χ0v) is 24.4. The van der Waals surface area contributed by atoms with Crippen molar-refractivity contribution in [3.8, 4) is 5.69 Å². The Morgan fingerprint density at radius 3 is 2.63 bits per heavy atom. The number of carbonyl (C=O) groups is 1. The second-order valence-corrected chi connectivity index (χ2v) is 11.3. The Hall–Kier alpha value is -3.20. The van der Waals surface area contributed by atoms with Crippen LogP contribution < -0.4 is 14.9 Å². The minimum absolute atomic E-state index is 0.211. The zero-order valence-electron chi connectivity index (χ0n) is 21.3. The monoisotopic (exact) mass is 609 g/mol. The lowest BCUT2D eigenvalue weighted by Gasteiger charge is -2.25. The van der Waals surface area contributed by atoms with Gasteiger partial charge < -0.3 is 9.30 Å². The summed E-state index contributed by atoms with van der Waals surface area (Å²) in [6.07, 6.45) is 1.90. The van der Waals surface area contributed by atoms with Gasteiger partial charge in [-0.2, -0.15) is 0 Å². The van der Waals surface area contributed by atoms with Gasteiger partial charge in [0.1, 0.15) is 6.04 Å². The first-order valence-electron chi connectivity index (χ1n) is 12.1. The maximum Gasteiger partial charge on any atom is 0.338 e. The second kappa shape index (κ2) is 10.5. The topological polar surface area (TPSA) is 65.6 Å². The standard InChI is InChI=1S/C29H25BrClN3O3S/c1-5-37-28(36)25-17(3)32-29-34(26(25)22-11-6-7-12-23(22)31)27(35)24(38-29)14-19-13-16(2)33(18(19)4)21-10-8-9-20(30)15-21/h6-15,26H,5H2,1-4H3/b24-14-/t26-/m1/s1. The molecule has 0 saturated carbocycles. The van der Waals surface area contributed by atoms with Crippen LogP contribution in [0.1, 0.15) is 42.4 Å². The van der Waals surface area contributed by atoms with Crippen LogP contribution in [0, 0.1) is 13.8 Å². The Balaban J connectivity index is 1.71. The molecule has 2 aromatic heterocycles. The average molecular weight is 611 g/mol. The van der Waals surface area contributed by atoms with Gasteiger partial charge in [-0.15, -0.1) is 0 Å². The van der Waals surface area contributed by atoms with Crippen LogP contribution in [0.2, 0.25) is 5.02 Å². The fourth-order valence-electron chi connectivity index (χ4n) is 4.87. The minimum atomic E-state index is -0.741. The molecule has 0 unspecified atom stereocenters. The molecule has 0 saturated heterocycles. The summed E-state index contributed by atoms with van der Waals surface area (Å²) in [6, 6.07) is 16.6. The Labute approximate surface area is 237 Å². The Morgan fingerprint density at radius 1 is 1.16 bits per heavy atom. The first-order chi connectivity index (χ1) is 18.2. The van der Waals surface area contributed by atoms with Crippen molar-refractivity contribution in [1.29, 1.82) is 0 Å². The highest BCUT2D eigenvalue weighted by molar-refractivity contribution is 9.10. The molecular formula is C29H25BrClN3O3S. The molecular weight excluding hydrogens is 586 g/mol. The summed E-state index contributed by atoms with van der Waals surface area (Å²) in [4.78, 5) is 32.1. The van der Waals surface area contributed by atoms with Gasteiger partial charge in [-0.25, -0.2) is 9.79 Å². The van der Waals surface area contributed by atoms with Crippen LogP contribution >= 0.6 is 38.9 Å². The Bertz CT molecular complexity index is 1800. The Morgan fingerprint density at radius 2 is 1.92 bits per heavy atom. The van der Waals surface area contributed by atoms with E-state index in [4.69, 9.17) is 16.3 Å². The van der Waals surface area contributed by atoms with E-state index in [0.29, 0.717) is 31.2 Å². The summed E-state index contributed by atoms with van der Waals surface area (Å²) >= 11 is 11.4. The fourth-order valence-corrected chi connectivity index (χ4v) is 6.53. The summed E-state index contributed by atoms with van der Waals surface area (Å²) in [5.74, 6) is -0.509. The van der Waals surface area contributed by atoms with E-state index in [-0.39, 0.29) is 12.2 Å². The molecule has 0 radical (unpaired) electrons. The molecule has 0 aliphatic carbocycles. The predicted octanol–water partition coefficient (Wildman–Crippen LogP) is 5.62. The van der Waals surface area contributed by atoms with Crippen LogP contribution in [0.5, 0.6) is 0 Å². The van der Waals surface area contributed by atoms with Crippen molar-refractivity contribution < 1.29 is 9.53 Å². The number of ether oxygens (including phenoxy) is 1. The van der Waals surface area contributed by atoms with Crippen LogP contribution in [-0.2, 0) is 9.53 Å². The van der Waals surface area contributed by atoms with Gasteiger partial charge in [0, 0.05) is 26.6 Å². The van der Waals surface area contributed by atoms with Crippen molar-refractivity contribution in [3.05, 3.63) is 118 Å². The smallest absolute Gasteiger partial charge is 0.338 e. The van der Waals surface area contributed by atoms with Gasteiger partial charge in [0.2, 0.25) is 0 Å². The number of thiazole rings is 1. The van der Waals surface area contributed by atoms with Gasteiger partial charge in [-0.3, -0.25) is 9.36 Å². The van der Waals surface area contributed by atoms with Gasteiger partial charge in [0.15, 0.2) is 4.80 Å². The van der Waals surface area contributed by atoms with Crippen molar-refractivity contribution in [2.24, 2.45) is 4.99 Å². The summed E-state index contributed by atoms with van der Waals surface area (Å²) < 4.78 is 10.6. The third kappa shape index (κ3) is 4.61. The molecule has 38 heavy (non-hydrogen) atoms. The van der Waals surface area contributed by atoms with Crippen molar-refractivity contribution in [1.82, 2.24) is 9.13 Å². The quantitative estimate of drug-likeness (QED) is 0.276. The molecule has 1 aliphatic rings. The number of fused-ring (bicyclic) bond motifs is 1. The van der Waals surface area contributed by atoms with Gasteiger partial charge in [0.05, 0.1) is 22.4 Å². The number of nitrogens with zero attached hydrogens (tertiary/aromatic N) is 3. The normalized spacial score (nSPS) is 15.4. The number of aryl methyl sites for hydroxylation is 1. The van der Waals surface area contributed by atoms with Gasteiger partial charge in [0.25, 0.3) is 5.56 Å². The number of halogens is 2. The highest BCUT2D eigenvalue weighted by Gasteiger charge is 2.34. The van der Waals surface area contributed by atoms with E-state index in [2.05, 4.69) is 37.6 Å². The molecule has 5 rings (SSSR count). The largest absolute Gasteiger partial charge is 0.463 e. The molecule has 194 valence electrons. The first-order valence-corrected chi connectivity index (χ1v) is 14.1. The number of hydrogen-bond acceptors (Lipinski definition) is 5. The zero-order chi connectivity index (χ0) is 27.1. The predicted molar refractivity (Wildman–Crippen MR) is 155 cm³/mol. The molecule has 2 aromatic carbocycles. The molecule has 0 spiro atoms. The van der Waals surface area contributed by atoms with Gasteiger partial charge in [-0.1, -0.05) is 63.1 Å². The number of hydrogen-bond donors (Lipinski definition) is 0. The summed E-state index contributed by atoms with van der Waals surface area (Å²) in [5, 5.41) is 0.459. The fraction of sp³-hybridized carbons (Fsp3) is 0.207. The summed E-state index contributed by atoms with van der Waals surface area (Å²) in [5.41, 5.74) is 5.26. The molecule has 4 aromatic rings. The highest BCUT2D eigenvalue weighted by Crippen LogP contribution is 2.34. The number of benzene rings is 2.